The lowest BCUT2D eigenvalue weighted by atomic mass is 10.1. The summed E-state index contributed by atoms with van der Waals surface area (Å²) in [4.78, 5) is 17.5. The lowest BCUT2D eigenvalue weighted by Crippen LogP contribution is -2.38. The summed E-state index contributed by atoms with van der Waals surface area (Å²) in [5.74, 6) is -0.450. The number of benzene rings is 2. The summed E-state index contributed by atoms with van der Waals surface area (Å²) in [5.41, 5.74) is 7.08. The number of nitrogens with two attached hydrogens (primary N) is 1. The van der Waals surface area contributed by atoms with Gasteiger partial charge in [-0.3, -0.25) is 20.1 Å². The second-order valence-electron chi connectivity index (χ2n) is 6.13. The van der Waals surface area contributed by atoms with Crippen LogP contribution in [-0.2, 0) is 0 Å². The number of aromatic nitrogens is 1. The maximum atomic E-state index is 13.7. The summed E-state index contributed by atoms with van der Waals surface area (Å²) in [6.07, 6.45) is 3.33. The Hall–Kier alpha value is -3.94. The Kier molecular flexibility index (Phi) is 5.73. The molecule has 148 valence electrons. The highest BCUT2D eigenvalue weighted by atomic mass is 19.1. The highest BCUT2D eigenvalue weighted by molar-refractivity contribution is 6.05. The van der Waals surface area contributed by atoms with Gasteiger partial charge in [0.1, 0.15) is 23.1 Å². The van der Waals surface area contributed by atoms with Crippen molar-refractivity contribution in [3.63, 3.8) is 0 Å². The molecular formula is C21H19FN4O3. The van der Waals surface area contributed by atoms with Gasteiger partial charge in [-0.2, -0.15) is 0 Å². The number of carbonyl (C=O) groups excluding carboxylic acids is 1. The van der Waals surface area contributed by atoms with Crippen molar-refractivity contribution in [2.75, 3.05) is 14.2 Å². The molecule has 0 unspecified atom stereocenters. The summed E-state index contributed by atoms with van der Waals surface area (Å²) in [6.45, 7) is 0. The van der Waals surface area contributed by atoms with Gasteiger partial charge in [-0.15, -0.1) is 0 Å². The van der Waals surface area contributed by atoms with Crippen molar-refractivity contribution in [2.24, 2.45) is 5.73 Å². The summed E-state index contributed by atoms with van der Waals surface area (Å²) in [6, 6.07) is 12.6. The van der Waals surface area contributed by atoms with Gasteiger partial charge in [-0.05, 0) is 42.0 Å². The van der Waals surface area contributed by atoms with E-state index in [2.05, 4.69) is 4.98 Å². The van der Waals surface area contributed by atoms with Crippen LogP contribution in [0.25, 0.3) is 11.1 Å². The maximum absolute atomic E-state index is 13.7. The standard InChI is InChI=1S/C21H19FN4O3/c1-26(21(23)24)20(27)18-10-15(22)5-8-19(18)29-16-6-3-13(4-7-16)14-9-17(28-2)12-25-11-14/h3-12H,1-2H3,(H3,23,24). The third-order valence-corrected chi connectivity index (χ3v) is 4.20. The molecule has 0 saturated carbocycles. The summed E-state index contributed by atoms with van der Waals surface area (Å²) in [7, 11) is 2.90. The van der Waals surface area contributed by atoms with E-state index in [-0.39, 0.29) is 11.3 Å². The number of hydrogen-bond donors (Lipinski definition) is 2. The number of halogens is 1. The van der Waals surface area contributed by atoms with Crippen LogP contribution in [0, 0.1) is 11.2 Å². The van der Waals surface area contributed by atoms with Gasteiger partial charge >= 0.3 is 0 Å². The van der Waals surface area contributed by atoms with Crippen molar-refractivity contribution in [3.8, 4) is 28.4 Å². The molecule has 3 rings (SSSR count). The normalized spacial score (nSPS) is 10.3. The Morgan fingerprint density at radius 1 is 1.07 bits per heavy atom. The average molecular weight is 394 g/mol. The molecule has 0 radical (unpaired) electrons. The molecule has 1 aromatic heterocycles. The molecule has 0 aliphatic rings. The van der Waals surface area contributed by atoms with E-state index in [4.69, 9.17) is 20.6 Å². The lowest BCUT2D eigenvalue weighted by molar-refractivity contribution is 0.0866. The van der Waals surface area contributed by atoms with E-state index in [0.29, 0.717) is 11.5 Å². The molecule has 0 fully saturated rings. The summed E-state index contributed by atoms with van der Waals surface area (Å²) < 4.78 is 24.7. The average Bonchev–Trinajstić information content (AvgIpc) is 2.74. The van der Waals surface area contributed by atoms with Crippen LogP contribution in [0.4, 0.5) is 4.39 Å². The van der Waals surface area contributed by atoms with Crippen LogP contribution in [0.1, 0.15) is 10.4 Å². The fraction of sp³-hybridized carbons (Fsp3) is 0.0952. The van der Waals surface area contributed by atoms with Gasteiger partial charge in [-0.25, -0.2) is 4.39 Å². The van der Waals surface area contributed by atoms with Crippen LogP contribution in [0.15, 0.2) is 60.9 Å². The van der Waals surface area contributed by atoms with Gasteiger partial charge in [-0.1, -0.05) is 12.1 Å². The monoisotopic (exact) mass is 394 g/mol. The van der Waals surface area contributed by atoms with Crippen LogP contribution in [0.3, 0.4) is 0 Å². The first-order chi connectivity index (χ1) is 13.9. The number of hydrogen-bond acceptors (Lipinski definition) is 5. The summed E-state index contributed by atoms with van der Waals surface area (Å²) in [5, 5.41) is 7.39. The van der Waals surface area contributed by atoms with Gasteiger partial charge in [0.05, 0.1) is 18.9 Å². The van der Waals surface area contributed by atoms with Crippen molar-refractivity contribution in [1.29, 1.82) is 5.41 Å². The van der Waals surface area contributed by atoms with Gasteiger partial charge in [0.2, 0.25) is 0 Å². The van der Waals surface area contributed by atoms with Crippen LogP contribution in [0.2, 0.25) is 0 Å². The lowest BCUT2D eigenvalue weighted by Gasteiger charge is -2.17. The highest BCUT2D eigenvalue weighted by Gasteiger charge is 2.20. The molecule has 7 nitrogen and oxygen atoms in total. The topological polar surface area (TPSA) is 102 Å². The number of ether oxygens (including phenoxy) is 2. The van der Waals surface area contributed by atoms with Crippen LogP contribution in [0.5, 0.6) is 17.2 Å². The second-order valence-corrected chi connectivity index (χ2v) is 6.13. The minimum Gasteiger partial charge on any atom is -0.495 e. The van der Waals surface area contributed by atoms with Crippen molar-refractivity contribution in [3.05, 3.63) is 72.3 Å². The van der Waals surface area contributed by atoms with E-state index in [9.17, 15) is 9.18 Å². The predicted octanol–water partition coefficient (Wildman–Crippen LogP) is 3.65. The van der Waals surface area contributed by atoms with Gasteiger partial charge in [0.25, 0.3) is 5.91 Å². The molecule has 0 bridgehead atoms. The van der Waals surface area contributed by atoms with Crippen molar-refractivity contribution in [2.45, 2.75) is 0 Å². The van der Waals surface area contributed by atoms with Gasteiger partial charge in [0, 0.05) is 18.8 Å². The molecule has 2 aromatic carbocycles. The molecule has 8 heteroatoms. The van der Waals surface area contributed by atoms with Crippen LogP contribution >= 0.6 is 0 Å². The SMILES string of the molecule is COc1cncc(-c2ccc(Oc3ccc(F)cc3C(=O)N(C)C(=N)N)cc2)c1. The van der Waals surface area contributed by atoms with Crippen molar-refractivity contribution in [1.82, 2.24) is 9.88 Å². The quantitative estimate of drug-likeness (QED) is 0.508. The molecule has 0 atom stereocenters. The zero-order valence-corrected chi connectivity index (χ0v) is 15.8. The van der Waals surface area contributed by atoms with E-state index < -0.39 is 17.7 Å². The zero-order chi connectivity index (χ0) is 21.0. The third-order valence-electron chi connectivity index (χ3n) is 4.20. The number of carbonyl (C=O) groups is 1. The number of pyridine rings is 1. The van der Waals surface area contributed by atoms with Gasteiger partial charge < -0.3 is 15.2 Å². The molecular weight excluding hydrogens is 375 g/mol. The number of nitrogens with zero attached hydrogens (tertiary/aromatic N) is 2. The first-order valence-electron chi connectivity index (χ1n) is 8.58. The van der Waals surface area contributed by atoms with E-state index >= 15 is 0 Å². The maximum Gasteiger partial charge on any atom is 0.264 e. The Morgan fingerprint density at radius 3 is 2.45 bits per heavy atom. The number of guanidine groups is 1. The number of rotatable bonds is 5. The van der Waals surface area contributed by atoms with Crippen molar-refractivity contribution >= 4 is 11.9 Å². The number of amides is 1. The molecule has 0 saturated heterocycles. The fourth-order valence-electron chi connectivity index (χ4n) is 2.58. The van der Waals surface area contributed by atoms with Crippen molar-refractivity contribution < 1.29 is 18.7 Å². The van der Waals surface area contributed by atoms with E-state index in [1.54, 1.807) is 31.6 Å². The molecule has 3 N–H and O–H groups in total. The zero-order valence-electron chi connectivity index (χ0n) is 15.8. The molecule has 1 heterocycles. The molecule has 0 spiro atoms. The van der Waals surface area contributed by atoms with E-state index in [1.165, 1.54) is 19.2 Å². The Balaban J connectivity index is 1.87. The van der Waals surface area contributed by atoms with Crippen LogP contribution in [-0.4, -0.2) is 35.9 Å². The molecule has 3 aromatic rings. The Labute approximate surface area is 167 Å². The van der Waals surface area contributed by atoms with Crippen LogP contribution < -0.4 is 15.2 Å². The van der Waals surface area contributed by atoms with Gasteiger partial charge in [0.15, 0.2) is 5.96 Å². The first-order valence-corrected chi connectivity index (χ1v) is 8.58. The Bertz CT molecular complexity index is 1050. The number of nitrogens with one attached hydrogen (secondary N) is 1. The fourth-order valence-corrected chi connectivity index (χ4v) is 2.58. The minimum atomic E-state index is -0.647. The molecule has 0 aliphatic carbocycles. The summed E-state index contributed by atoms with van der Waals surface area (Å²) >= 11 is 0. The first kappa shape index (κ1) is 19.8. The highest BCUT2D eigenvalue weighted by Crippen LogP contribution is 2.30. The predicted molar refractivity (Wildman–Crippen MR) is 107 cm³/mol. The Morgan fingerprint density at radius 2 is 1.79 bits per heavy atom. The van der Waals surface area contributed by atoms with E-state index in [1.807, 2.05) is 18.2 Å². The molecule has 29 heavy (non-hydrogen) atoms. The molecule has 1 amide bonds. The largest absolute Gasteiger partial charge is 0.495 e. The van der Waals surface area contributed by atoms with E-state index in [0.717, 1.165) is 22.1 Å². The minimum absolute atomic E-state index is 0.0382. The molecule has 0 aliphatic heterocycles. The smallest absolute Gasteiger partial charge is 0.264 e. The third kappa shape index (κ3) is 4.49. The number of methoxy groups -OCH3 is 1. The second kappa shape index (κ2) is 8.39.